The van der Waals surface area contributed by atoms with E-state index in [1.54, 1.807) is 30.9 Å². The van der Waals surface area contributed by atoms with Gasteiger partial charge in [0.2, 0.25) is 0 Å². The molecule has 3 aromatic rings. The van der Waals surface area contributed by atoms with Gasteiger partial charge in [0.1, 0.15) is 24.1 Å². The fourth-order valence-corrected chi connectivity index (χ4v) is 6.85. The number of rotatable bonds is 7. The smallest absolute Gasteiger partial charge is 0.425 e. The number of piperazine rings is 1. The standard InChI is InChI=1S/C17H20F3N5O2S.C10H13N3O4S/c1-12-9-13(2)22-15(10-12)23-28(26,27)25-7-5-24(6-8-25)16-4-3-14(11-21-16)17(18,19)20;1-7-5-8(2)11-9(6-7)12-18(15,16)13-3-4-17-10(13)14/h3-4,9-11H,5-8H2,1-2H3,(H,22,23);5-6H,3-4H2,1-2H3,(H,11,12). The predicted octanol–water partition coefficient (Wildman–Crippen LogP) is 3.40. The molecule has 0 aromatic carbocycles. The van der Waals surface area contributed by atoms with E-state index in [4.69, 9.17) is 0 Å². The summed E-state index contributed by atoms with van der Waals surface area (Å²) in [6.45, 7) is 8.30. The van der Waals surface area contributed by atoms with Gasteiger partial charge >= 0.3 is 32.7 Å². The van der Waals surface area contributed by atoms with E-state index in [0.717, 1.165) is 23.4 Å². The van der Waals surface area contributed by atoms with Gasteiger partial charge < -0.3 is 9.64 Å². The van der Waals surface area contributed by atoms with Gasteiger partial charge in [-0.2, -0.15) is 38.6 Å². The number of hydrogen-bond acceptors (Lipinski definition) is 10. The molecule has 0 aliphatic carbocycles. The lowest BCUT2D eigenvalue weighted by atomic mass is 10.2. The van der Waals surface area contributed by atoms with Gasteiger partial charge in [-0.3, -0.25) is 4.72 Å². The van der Waals surface area contributed by atoms with Gasteiger partial charge in [0.25, 0.3) is 0 Å². The van der Waals surface area contributed by atoms with Gasteiger partial charge in [0.15, 0.2) is 0 Å². The third-order valence-electron chi connectivity index (χ3n) is 6.65. The third kappa shape index (κ3) is 8.94. The van der Waals surface area contributed by atoms with Crippen molar-refractivity contribution in [3.05, 3.63) is 70.7 Å². The Bertz CT molecular complexity index is 1740. The topological polar surface area (TPSA) is 167 Å². The normalized spacial score (nSPS) is 16.0. The van der Waals surface area contributed by atoms with E-state index in [0.29, 0.717) is 34.6 Å². The van der Waals surface area contributed by atoms with Crippen LogP contribution in [0.15, 0.2) is 42.6 Å². The van der Waals surface area contributed by atoms with Crippen molar-refractivity contribution in [1.82, 2.24) is 23.6 Å². The van der Waals surface area contributed by atoms with Crippen molar-refractivity contribution in [2.45, 2.75) is 33.9 Å². The monoisotopic (exact) mass is 686 g/mol. The molecule has 0 radical (unpaired) electrons. The number of pyridine rings is 3. The zero-order valence-corrected chi connectivity index (χ0v) is 27.0. The van der Waals surface area contributed by atoms with Crippen molar-refractivity contribution in [2.75, 3.05) is 53.7 Å². The van der Waals surface area contributed by atoms with Crippen LogP contribution in [-0.2, 0) is 31.3 Å². The molecule has 1 amide bonds. The first kappa shape index (κ1) is 34.6. The summed E-state index contributed by atoms with van der Waals surface area (Å²) in [5.41, 5.74) is 2.35. The molecule has 14 nitrogen and oxygen atoms in total. The zero-order chi connectivity index (χ0) is 33.9. The van der Waals surface area contributed by atoms with Gasteiger partial charge in [-0.25, -0.2) is 24.5 Å². The van der Waals surface area contributed by atoms with Gasteiger partial charge in [-0.1, -0.05) is 0 Å². The molecule has 19 heteroatoms. The summed E-state index contributed by atoms with van der Waals surface area (Å²) in [6, 6.07) is 9.16. The van der Waals surface area contributed by atoms with E-state index in [2.05, 4.69) is 29.1 Å². The SMILES string of the molecule is Cc1cc(C)nc(NS(=O)(=O)N2CCN(c3ccc(C(F)(F)F)cn3)CC2)c1.Cc1cc(C)nc(NS(=O)(=O)N2CCOC2=O)c1. The molecule has 5 rings (SSSR count). The highest BCUT2D eigenvalue weighted by atomic mass is 32.2. The molecule has 2 saturated heterocycles. The van der Waals surface area contributed by atoms with Crippen molar-refractivity contribution in [2.24, 2.45) is 0 Å². The van der Waals surface area contributed by atoms with Crippen LogP contribution in [0.25, 0.3) is 0 Å². The fraction of sp³-hybridized carbons (Fsp3) is 0.407. The van der Waals surface area contributed by atoms with Crippen LogP contribution in [0.4, 0.5) is 35.4 Å². The summed E-state index contributed by atoms with van der Waals surface area (Å²) in [7, 11) is -7.73. The molecule has 2 aliphatic rings. The number of amides is 1. The Balaban J connectivity index is 0.000000230. The minimum Gasteiger partial charge on any atom is -0.447 e. The number of carbonyl (C=O) groups excluding carboxylic acids is 1. The molecule has 2 N–H and O–H groups in total. The summed E-state index contributed by atoms with van der Waals surface area (Å²) < 4.78 is 98.2. The number of halogens is 3. The maximum absolute atomic E-state index is 12.6. The molecule has 0 bridgehead atoms. The summed E-state index contributed by atoms with van der Waals surface area (Å²) >= 11 is 0. The van der Waals surface area contributed by atoms with Gasteiger partial charge in [0.05, 0.1) is 12.1 Å². The number of nitrogens with one attached hydrogen (secondary N) is 2. The summed E-state index contributed by atoms with van der Waals surface area (Å²) in [6.07, 6.45) is -4.52. The Morgan fingerprint density at radius 3 is 1.76 bits per heavy atom. The number of hydrogen-bond donors (Lipinski definition) is 2. The largest absolute Gasteiger partial charge is 0.447 e. The number of aryl methyl sites for hydroxylation is 4. The Hall–Kier alpha value is -4.23. The Kier molecular flexibility index (Phi) is 10.3. The molecular formula is C27H33F3N8O6S2. The van der Waals surface area contributed by atoms with Crippen molar-refractivity contribution >= 4 is 44.0 Å². The molecule has 2 aliphatic heterocycles. The lowest BCUT2D eigenvalue weighted by molar-refractivity contribution is -0.137. The van der Waals surface area contributed by atoms with Crippen molar-refractivity contribution in [3.63, 3.8) is 0 Å². The van der Waals surface area contributed by atoms with Crippen LogP contribution in [0.5, 0.6) is 0 Å². The van der Waals surface area contributed by atoms with Gasteiger partial charge in [-0.15, -0.1) is 0 Å². The molecular weight excluding hydrogens is 653 g/mol. The number of carbonyl (C=O) groups is 1. The maximum Gasteiger partial charge on any atom is 0.425 e. The fourth-order valence-electron chi connectivity index (χ4n) is 4.67. The molecule has 2 fully saturated rings. The van der Waals surface area contributed by atoms with Crippen LogP contribution in [0.1, 0.15) is 28.1 Å². The van der Waals surface area contributed by atoms with E-state index < -0.39 is 38.3 Å². The molecule has 250 valence electrons. The summed E-state index contributed by atoms with van der Waals surface area (Å²) in [5, 5.41) is 0. The van der Waals surface area contributed by atoms with E-state index in [9.17, 15) is 34.8 Å². The predicted molar refractivity (Wildman–Crippen MR) is 164 cm³/mol. The van der Waals surface area contributed by atoms with E-state index in [1.165, 1.54) is 10.4 Å². The average Bonchev–Trinajstić information content (AvgIpc) is 3.38. The maximum atomic E-state index is 12.6. The quantitative estimate of drug-likeness (QED) is 0.376. The Morgan fingerprint density at radius 2 is 1.33 bits per heavy atom. The minimum absolute atomic E-state index is 0.0129. The molecule has 0 unspecified atom stereocenters. The van der Waals surface area contributed by atoms with Crippen molar-refractivity contribution in [1.29, 1.82) is 0 Å². The number of anilines is 3. The molecule has 0 atom stereocenters. The Morgan fingerprint density at radius 1 is 0.783 bits per heavy atom. The number of ether oxygens (including phenoxy) is 1. The highest BCUT2D eigenvalue weighted by Crippen LogP contribution is 2.29. The van der Waals surface area contributed by atoms with Crippen LogP contribution in [0.2, 0.25) is 0 Å². The summed E-state index contributed by atoms with van der Waals surface area (Å²) in [4.78, 5) is 25.0. The third-order valence-corrected chi connectivity index (χ3v) is 9.55. The van der Waals surface area contributed by atoms with Crippen molar-refractivity contribution in [3.8, 4) is 0 Å². The second-order valence-corrected chi connectivity index (χ2v) is 13.8. The zero-order valence-electron chi connectivity index (χ0n) is 25.4. The van der Waals surface area contributed by atoms with Crippen LogP contribution in [0.3, 0.4) is 0 Å². The number of nitrogens with zero attached hydrogens (tertiary/aromatic N) is 6. The number of alkyl halides is 3. The Labute approximate surface area is 265 Å². The van der Waals surface area contributed by atoms with Crippen molar-refractivity contribution < 1.29 is 39.5 Å². The van der Waals surface area contributed by atoms with Gasteiger partial charge in [-0.05, 0) is 75.2 Å². The van der Waals surface area contributed by atoms with Crippen LogP contribution in [-0.4, -0.2) is 85.8 Å². The van der Waals surface area contributed by atoms with Crippen LogP contribution >= 0.6 is 0 Å². The molecule has 0 saturated carbocycles. The summed E-state index contributed by atoms with van der Waals surface area (Å²) in [5.74, 6) is 0.825. The lowest BCUT2D eigenvalue weighted by Gasteiger charge is -2.34. The number of aromatic nitrogens is 3. The molecule has 3 aromatic heterocycles. The van der Waals surface area contributed by atoms with E-state index in [1.807, 2.05) is 26.0 Å². The second kappa shape index (κ2) is 13.6. The van der Waals surface area contributed by atoms with Gasteiger partial charge in [0, 0.05) is 43.8 Å². The second-order valence-electron chi connectivity index (χ2n) is 10.5. The lowest BCUT2D eigenvalue weighted by Crippen LogP contribution is -2.50. The first-order valence-electron chi connectivity index (χ1n) is 13.9. The van der Waals surface area contributed by atoms with Crippen LogP contribution < -0.4 is 14.3 Å². The highest BCUT2D eigenvalue weighted by molar-refractivity contribution is 7.91. The highest BCUT2D eigenvalue weighted by Gasteiger charge is 2.34. The molecule has 5 heterocycles. The first-order valence-corrected chi connectivity index (χ1v) is 16.7. The van der Waals surface area contributed by atoms with E-state index >= 15 is 0 Å². The number of cyclic esters (lactones) is 1. The average molecular weight is 687 g/mol. The minimum atomic E-state index is -4.44. The molecule has 0 spiro atoms. The van der Waals surface area contributed by atoms with E-state index in [-0.39, 0.29) is 37.9 Å². The first-order chi connectivity index (χ1) is 21.4. The van der Waals surface area contributed by atoms with Crippen LogP contribution in [0, 0.1) is 27.7 Å². The molecule has 46 heavy (non-hydrogen) atoms.